The molecule has 9 heteroatoms. The van der Waals surface area contributed by atoms with Gasteiger partial charge in [-0.3, -0.25) is 9.36 Å². The van der Waals surface area contributed by atoms with Crippen molar-refractivity contribution in [2.45, 2.75) is 18.1 Å². The number of carbonyl (C=O) groups excluding carboxylic acids is 1. The van der Waals surface area contributed by atoms with Crippen molar-refractivity contribution >= 4 is 29.3 Å². The maximum atomic E-state index is 12.9. The van der Waals surface area contributed by atoms with E-state index in [1.807, 2.05) is 48.5 Å². The van der Waals surface area contributed by atoms with Gasteiger partial charge in [-0.05, 0) is 11.1 Å². The van der Waals surface area contributed by atoms with E-state index in [9.17, 15) is 4.79 Å². The Labute approximate surface area is 197 Å². The number of amides is 1. The molecular weight excluding hydrogens is 436 g/mol. The SMILES string of the molecule is O=C(CSc1nnc(N2CCOCC2)n1Cc1ccccc1)N1CCC(c2ccccc2)=N1. The largest absolute Gasteiger partial charge is 0.378 e. The monoisotopic (exact) mass is 462 g/mol. The Balaban J connectivity index is 1.30. The average molecular weight is 463 g/mol. The van der Waals surface area contributed by atoms with Crippen LogP contribution in [0.5, 0.6) is 0 Å². The van der Waals surface area contributed by atoms with Crippen molar-refractivity contribution in [1.29, 1.82) is 0 Å². The first kappa shape index (κ1) is 21.7. The highest BCUT2D eigenvalue weighted by Crippen LogP contribution is 2.25. The summed E-state index contributed by atoms with van der Waals surface area (Å²) in [5.41, 5.74) is 3.19. The Bertz CT molecular complexity index is 1110. The van der Waals surface area contributed by atoms with Crippen LogP contribution in [0.1, 0.15) is 17.5 Å². The molecule has 0 N–H and O–H groups in total. The first-order chi connectivity index (χ1) is 16.3. The van der Waals surface area contributed by atoms with Crippen molar-refractivity contribution < 1.29 is 9.53 Å². The number of benzene rings is 2. The van der Waals surface area contributed by atoms with E-state index in [1.54, 1.807) is 5.01 Å². The van der Waals surface area contributed by atoms with E-state index >= 15 is 0 Å². The minimum Gasteiger partial charge on any atom is -0.378 e. The van der Waals surface area contributed by atoms with E-state index in [0.29, 0.717) is 26.3 Å². The van der Waals surface area contributed by atoms with Crippen LogP contribution in [0.4, 0.5) is 5.95 Å². The molecule has 0 bridgehead atoms. The lowest BCUT2D eigenvalue weighted by molar-refractivity contribution is -0.127. The highest BCUT2D eigenvalue weighted by molar-refractivity contribution is 7.99. The molecular formula is C24H26N6O2S. The minimum atomic E-state index is -0.0203. The van der Waals surface area contributed by atoms with Crippen molar-refractivity contribution in [3.05, 3.63) is 71.8 Å². The number of rotatable bonds is 7. The number of nitrogens with zero attached hydrogens (tertiary/aromatic N) is 6. The fourth-order valence-electron chi connectivity index (χ4n) is 3.96. The van der Waals surface area contributed by atoms with Crippen LogP contribution in [0.2, 0.25) is 0 Å². The van der Waals surface area contributed by atoms with Gasteiger partial charge >= 0.3 is 0 Å². The Morgan fingerprint density at radius 3 is 2.42 bits per heavy atom. The van der Waals surface area contributed by atoms with Gasteiger partial charge in [0.1, 0.15) is 0 Å². The summed E-state index contributed by atoms with van der Waals surface area (Å²) in [5, 5.41) is 15.8. The lowest BCUT2D eigenvalue weighted by atomic mass is 10.1. The summed E-state index contributed by atoms with van der Waals surface area (Å²) in [5.74, 6) is 1.07. The van der Waals surface area contributed by atoms with Crippen LogP contribution in [0.25, 0.3) is 0 Å². The van der Waals surface area contributed by atoms with Gasteiger partial charge in [-0.25, -0.2) is 5.01 Å². The van der Waals surface area contributed by atoms with Crippen molar-refractivity contribution in [3.63, 3.8) is 0 Å². The fourth-order valence-corrected chi connectivity index (χ4v) is 4.76. The first-order valence-electron chi connectivity index (χ1n) is 11.1. The third-order valence-corrected chi connectivity index (χ3v) is 6.65. The average Bonchev–Trinajstić information content (AvgIpc) is 3.52. The molecule has 1 fully saturated rings. The number of hydrazone groups is 1. The number of carbonyl (C=O) groups is 1. The van der Waals surface area contributed by atoms with Crippen LogP contribution in [-0.2, 0) is 16.1 Å². The number of morpholine rings is 1. The van der Waals surface area contributed by atoms with Crippen LogP contribution in [0, 0.1) is 0 Å². The van der Waals surface area contributed by atoms with E-state index < -0.39 is 0 Å². The molecule has 1 amide bonds. The van der Waals surface area contributed by atoms with E-state index in [4.69, 9.17) is 4.74 Å². The zero-order valence-electron chi connectivity index (χ0n) is 18.3. The molecule has 2 aromatic carbocycles. The molecule has 1 aromatic heterocycles. The standard InChI is InChI=1S/C24H26N6O2S/c31-22(30-12-11-21(27-30)20-9-5-2-6-10-20)18-33-24-26-25-23(28-13-15-32-16-14-28)29(24)17-19-7-3-1-4-8-19/h1-10H,11-18H2. The number of hydrogen-bond acceptors (Lipinski definition) is 7. The summed E-state index contributed by atoms with van der Waals surface area (Å²) in [6.45, 7) is 4.17. The number of hydrogen-bond donors (Lipinski definition) is 0. The van der Waals surface area contributed by atoms with Gasteiger partial charge in [-0.15, -0.1) is 10.2 Å². The number of thioether (sulfide) groups is 1. The molecule has 3 heterocycles. The van der Waals surface area contributed by atoms with Crippen molar-refractivity contribution in [3.8, 4) is 0 Å². The van der Waals surface area contributed by atoms with Crippen LogP contribution < -0.4 is 4.90 Å². The molecule has 8 nitrogen and oxygen atoms in total. The molecule has 33 heavy (non-hydrogen) atoms. The Hall–Kier alpha value is -3.17. The van der Waals surface area contributed by atoms with E-state index in [1.165, 1.54) is 11.8 Å². The molecule has 170 valence electrons. The second kappa shape index (κ2) is 10.2. The molecule has 0 radical (unpaired) electrons. The van der Waals surface area contributed by atoms with Crippen LogP contribution in [0.3, 0.4) is 0 Å². The molecule has 0 unspecified atom stereocenters. The van der Waals surface area contributed by atoms with Gasteiger partial charge in [-0.2, -0.15) is 5.10 Å². The molecule has 0 spiro atoms. The zero-order chi connectivity index (χ0) is 22.5. The van der Waals surface area contributed by atoms with Gasteiger partial charge in [0.2, 0.25) is 5.95 Å². The van der Waals surface area contributed by atoms with Crippen LogP contribution in [-0.4, -0.2) is 70.0 Å². The fraction of sp³-hybridized carbons (Fsp3) is 0.333. The van der Waals surface area contributed by atoms with Gasteiger partial charge in [-0.1, -0.05) is 72.4 Å². The molecule has 2 aliphatic heterocycles. The van der Waals surface area contributed by atoms with Gasteiger partial charge in [0.25, 0.3) is 5.91 Å². The molecule has 0 aliphatic carbocycles. The molecule has 1 saturated heterocycles. The summed E-state index contributed by atoms with van der Waals surface area (Å²) in [6.07, 6.45) is 0.770. The predicted molar refractivity (Wildman–Crippen MR) is 129 cm³/mol. The zero-order valence-corrected chi connectivity index (χ0v) is 19.2. The second-order valence-corrected chi connectivity index (χ2v) is 8.86. The topological polar surface area (TPSA) is 75.9 Å². The summed E-state index contributed by atoms with van der Waals surface area (Å²) >= 11 is 1.41. The first-order valence-corrected chi connectivity index (χ1v) is 12.1. The lowest BCUT2D eigenvalue weighted by Gasteiger charge is -2.28. The smallest absolute Gasteiger partial charge is 0.253 e. The molecule has 0 saturated carbocycles. The summed E-state index contributed by atoms with van der Waals surface area (Å²) < 4.78 is 7.59. The van der Waals surface area contributed by atoms with Crippen molar-refractivity contribution in [2.24, 2.45) is 5.10 Å². The molecule has 2 aliphatic rings. The van der Waals surface area contributed by atoms with Gasteiger partial charge in [0, 0.05) is 19.5 Å². The maximum Gasteiger partial charge on any atom is 0.253 e. The van der Waals surface area contributed by atoms with Gasteiger partial charge in [0.05, 0.1) is 37.8 Å². The third kappa shape index (κ3) is 5.09. The van der Waals surface area contributed by atoms with Gasteiger partial charge in [0.15, 0.2) is 5.16 Å². The van der Waals surface area contributed by atoms with E-state index in [0.717, 1.165) is 47.5 Å². The number of aromatic nitrogens is 3. The summed E-state index contributed by atoms with van der Waals surface area (Å²) in [6, 6.07) is 20.3. The minimum absolute atomic E-state index is 0.0203. The predicted octanol–water partition coefficient (Wildman–Crippen LogP) is 2.89. The Morgan fingerprint density at radius 1 is 0.939 bits per heavy atom. The van der Waals surface area contributed by atoms with Crippen LogP contribution in [0.15, 0.2) is 70.9 Å². The second-order valence-electron chi connectivity index (χ2n) is 7.92. The summed E-state index contributed by atoms with van der Waals surface area (Å²) in [7, 11) is 0. The molecule has 5 rings (SSSR count). The van der Waals surface area contributed by atoms with E-state index in [2.05, 4.69) is 36.9 Å². The Kier molecular flexibility index (Phi) is 6.68. The maximum absolute atomic E-state index is 12.9. The third-order valence-electron chi connectivity index (χ3n) is 5.70. The summed E-state index contributed by atoms with van der Waals surface area (Å²) in [4.78, 5) is 15.1. The van der Waals surface area contributed by atoms with Crippen LogP contribution >= 0.6 is 11.8 Å². The number of ether oxygens (including phenoxy) is 1. The Morgan fingerprint density at radius 2 is 1.67 bits per heavy atom. The lowest BCUT2D eigenvalue weighted by Crippen LogP contribution is -2.38. The highest BCUT2D eigenvalue weighted by Gasteiger charge is 2.24. The van der Waals surface area contributed by atoms with E-state index in [-0.39, 0.29) is 11.7 Å². The van der Waals surface area contributed by atoms with Crippen molar-refractivity contribution in [1.82, 2.24) is 19.8 Å². The van der Waals surface area contributed by atoms with Crippen molar-refractivity contribution in [2.75, 3.05) is 43.5 Å². The number of anilines is 1. The molecule has 0 atom stereocenters. The molecule has 3 aromatic rings. The quantitative estimate of drug-likeness (QED) is 0.503. The normalized spacial score (nSPS) is 16.2. The highest BCUT2D eigenvalue weighted by atomic mass is 32.2. The van der Waals surface area contributed by atoms with Gasteiger partial charge < -0.3 is 9.64 Å².